The summed E-state index contributed by atoms with van der Waals surface area (Å²) < 4.78 is 13.9. The number of carbonyl (C=O) groups is 2. The van der Waals surface area contributed by atoms with Crippen LogP contribution in [-0.2, 0) is 4.79 Å². The quantitative estimate of drug-likeness (QED) is 0.907. The third-order valence-corrected chi connectivity index (χ3v) is 5.49. The predicted molar refractivity (Wildman–Crippen MR) is 97.0 cm³/mol. The Labute approximate surface area is 150 Å². The van der Waals surface area contributed by atoms with Crippen molar-refractivity contribution in [3.8, 4) is 10.4 Å². The van der Waals surface area contributed by atoms with E-state index in [1.165, 1.54) is 17.4 Å². The number of rotatable bonds is 4. The lowest BCUT2D eigenvalue weighted by Crippen LogP contribution is -2.45. The van der Waals surface area contributed by atoms with Crippen molar-refractivity contribution in [3.05, 3.63) is 47.1 Å². The second-order valence-corrected chi connectivity index (χ2v) is 7.21. The molecule has 1 fully saturated rings. The molecule has 0 radical (unpaired) electrons. The van der Waals surface area contributed by atoms with E-state index in [2.05, 4.69) is 5.32 Å². The summed E-state index contributed by atoms with van der Waals surface area (Å²) in [6, 6.07) is 10.1. The van der Waals surface area contributed by atoms with Crippen LogP contribution in [0.15, 0.2) is 36.4 Å². The van der Waals surface area contributed by atoms with Gasteiger partial charge in [0, 0.05) is 30.1 Å². The van der Waals surface area contributed by atoms with Crippen molar-refractivity contribution < 1.29 is 14.0 Å². The van der Waals surface area contributed by atoms with Crippen LogP contribution in [-0.4, -0.2) is 36.3 Å². The number of likely N-dealkylation sites (tertiary alicyclic amines) is 1. The molecule has 0 saturated carbocycles. The zero-order valence-corrected chi connectivity index (χ0v) is 14.9. The molecule has 1 unspecified atom stereocenters. The molecule has 0 bridgehead atoms. The third-order valence-electron chi connectivity index (χ3n) is 4.39. The number of carbonyl (C=O) groups excluding carboxylic acids is 2. The van der Waals surface area contributed by atoms with Crippen molar-refractivity contribution >= 4 is 23.2 Å². The summed E-state index contributed by atoms with van der Waals surface area (Å²) in [5.74, 6) is -0.513. The summed E-state index contributed by atoms with van der Waals surface area (Å²) in [6.07, 6.45) is 1.62. The average molecular weight is 360 g/mol. The van der Waals surface area contributed by atoms with E-state index >= 15 is 0 Å². The van der Waals surface area contributed by atoms with Gasteiger partial charge in [-0.3, -0.25) is 9.59 Å². The van der Waals surface area contributed by atoms with Gasteiger partial charge in [0.1, 0.15) is 5.82 Å². The monoisotopic (exact) mass is 360 g/mol. The molecular formula is C19H21FN2O2S. The van der Waals surface area contributed by atoms with E-state index in [9.17, 15) is 14.0 Å². The molecule has 0 spiro atoms. The van der Waals surface area contributed by atoms with Crippen LogP contribution in [0, 0.1) is 11.7 Å². The number of thiophene rings is 1. The minimum absolute atomic E-state index is 0.0122. The second kappa shape index (κ2) is 7.78. The molecule has 1 aromatic carbocycles. The van der Waals surface area contributed by atoms with Gasteiger partial charge in [0.25, 0.3) is 5.91 Å². The SMILES string of the molecule is CCNC(=O)C1CCCN(C(=O)c2ccc(-c3ccccc3F)s2)C1. The molecule has 1 aliphatic heterocycles. The highest BCUT2D eigenvalue weighted by atomic mass is 32.1. The number of benzene rings is 1. The molecule has 0 aliphatic carbocycles. The summed E-state index contributed by atoms with van der Waals surface area (Å²) in [5.41, 5.74) is 0.505. The lowest BCUT2D eigenvalue weighted by molar-refractivity contribution is -0.126. The van der Waals surface area contributed by atoms with Crippen molar-refractivity contribution in [2.75, 3.05) is 19.6 Å². The Bertz CT molecular complexity index is 774. The van der Waals surface area contributed by atoms with Gasteiger partial charge in [-0.1, -0.05) is 18.2 Å². The Balaban J connectivity index is 1.73. The number of nitrogens with one attached hydrogen (secondary N) is 1. The van der Waals surface area contributed by atoms with Gasteiger partial charge >= 0.3 is 0 Å². The molecule has 132 valence electrons. The summed E-state index contributed by atoms with van der Waals surface area (Å²) >= 11 is 1.29. The molecule has 4 nitrogen and oxygen atoms in total. The van der Waals surface area contributed by atoms with Gasteiger partial charge in [-0.25, -0.2) is 4.39 Å². The van der Waals surface area contributed by atoms with Crippen molar-refractivity contribution in [1.29, 1.82) is 0 Å². The first-order valence-corrected chi connectivity index (χ1v) is 9.33. The maximum Gasteiger partial charge on any atom is 0.263 e. The van der Waals surface area contributed by atoms with Gasteiger partial charge in [0.2, 0.25) is 5.91 Å². The first kappa shape index (κ1) is 17.6. The number of piperidine rings is 1. The van der Waals surface area contributed by atoms with Crippen molar-refractivity contribution in [2.45, 2.75) is 19.8 Å². The molecule has 1 aliphatic rings. The number of nitrogens with zero attached hydrogens (tertiary/aromatic N) is 1. The second-order valence-electron chi connectivity index (χ2n) is 6.13. The van der Waals surface area contributed by atoms with Crippen LogP contribution >= 0.6 is 11.3 Å². The highest BCUT2D eigenvalue weighted by molar-refractivity contribution is 7.17. The van der Waals surface area contributed by atoms with Gasteiger partial charge in [-0.15, -0.1) is 11.3 Å². The predicted octanol–water partition coefficient (Wildman–Crippen LogP) is 3.54. The topological polar surface area (TPSA) is 49.4 Å². The first-order chi connectivity index (χ1) is 12.1. The number of amides is 2. The van der Waals surface area contributed by atoms with Crippen LogP contribution in [0.5, 0.6) is 0 Å². The molecule has 3 rings (SSSR count). The Hall–Kier alpha value is -2.21. The summed E-state index contributed by atoms with van der Waals surface area (Å²) in [6.45, 7) is 3.58. The summed E-state index contributed by atoms with van der Waals surface area (Å²) in [5, 5.41) is 2.83. The lowest BCUT2D eigenvalue weighted by atomic mass is 9.97. The van der Waals surface area contributed by atoms with E-state index in [1.54, 1.807) is 35.2 Å². The average Bonchev–Trinajstić information content (AvgIpc) is 3.11. The number of hydrogen-bond acceptors (Lipinski definition) is 3. The van der Waals surface area contributed by atoms with Crippen molar-refractivity contribution in [1.82, 2.24) is 10.2 Å². The fourth-order valence-corrected chi connectivity index (χ4v) is 4.11. The van der Waals surface area contributed by atoms with E-state index in [0.29, 0.717) is 30.1 Å². The van der Waals surface area contributed by atoms with Crippen LogP contribution in [0.4, 0.5) is 4.39 Å². The van der Waals surface area contributed by atoms with Crippen LogP contribution < -0.4 is 5.32 Å². The summed E-state index contributed by atoms with van der Waals surface area (Å²) in [4.78, 5) is 27.9. The van der Waals surface area contributed by atoms with Gasteiger partial charge in [-0.2, -0.15) is 0 Å². The Morgan fingerprint density at radius 3 is 2.84 bits per heavy atom. The largest absolute Gasteiger partial charge is 0.356 e. The molecular weight excluding hydrogens is 339 g/mol. The van der Waals surface area contributed by atoms with E-state index in [-0.39, 0.29) is 23.5 Å². The van der Waals surface area contributed by atoms with E-state index in [1.807, 2.05) is 6.92 Å². The van der Waals surface area contributed by atoms with Gasteiger partial charge in [0.05, 0.1) is 10.8 Å². The van der Waals surface area contributed by atoms with Crippen LogP contribution in [0.25, 0.3) is 10.4 Å². The zero-order valence-electron chi connectivity index (χ0n) is 14.1. The van der Waals surface area contributed by atoms with Crippen LogP contribution in [0.2, 0.25) is 0 Å². The fourth-order valence-electron chi connectivity index (χ4n) is 3.11. The lowest BCUT2D eigenvalue weighted by Gasteiger charge is -2.31. The van der Waals surface area contributed by atoms with Crippen LogP contribution in [0.3, 0.4) is 0 Å². The molecule has 2 aromatic rings. The number of hydrogen-bond donors (Lipinski definition) is 1. The van der Waals surface area contributed by atoms with Crippen molar-refractivity contribution in [2.24, 2.45) is 5.92 Å². The van der Waals surface area contributed by atoms with Crippen molar-refractivity contribution in [3.63, 3.8) is 0 Å². The van der Waals surface area contributed by atoms with E-state index in [4.69, 9.17) is 0 Å². The molecule has 1 aromatic heterocycles. The molecule has 1 N–H and O–H groups in total. The molecule has 25 heavy (non-hydrogen) atoms. The zero-order chi connectivity index (χ0) is 17.8. The molecule has 2 heterocycles. The minimum atomic E-state index is -0.294. The molecule has 2 amide bonds. The van der Waals surface area contributed by atoms with Crippen LogP contribution in [0.1, 0.15) is 29.4 Å². The summed E-state index contributed by atoms with van der Waals surface area (Å²) in [7, 11) is 0. The van der Waals surface area contributed by atoms with Gasteiger partial charge in [-0.05, 0) is 38.0 Å². The molecule has 1 saturated heterocycles. The normalized spacial score (nSPS) is 17.4. The Morgan fingerprint density at radius 1 is 1.28 bits per heavy atom. The van der Waals surface area contributed by atoms with E-state index in [0.717, 1.165) is 17.7 Å². The molecule has 6 heteroatoms. The maximum atomic E-state index is 13.9. The first-order valence-electron chi connectivity index (χ1n) is 8.52. The van der Waals surface area contributed by atoms with Gasteiger partial charge < -0.3 is 10.2 Å². The highest BCUT2D eigenvalue weighted by Crippen LogP contribution is 2.31. The maximum absolute atomic E-state index is 13.9. The Morgan fingerprint density at radius 2 is 2.08 bits per heavy atom. The third kappa shape index (κ3) is 3.90. The fraction of sp³-hybridized carbons (Fsp3) is 0.368. The standard InChI is InChI=1S/C19H21FN2O2S/c1-2-21-18(23)13-6-5-11-22(12-13)19(24)17-10-9-16(25-17)14-7-3-4-8-15(14)20/h3-4,7-10,13H,2,5-6,11-12H2,1H3,(H,21,23). The smallest absolute Gasteiger partial charge is 0.263 e. The van der Waals surface area contributed by atoms with Gasteiger partial charge in [0.15, 0.2) is 0 Å². The number of halogens is 1. The Kier molecular flexibility index (Phi) is 5.48. The van der Waals surface area contributed by atoms with E-state index < -0.39 is 0 Å². The highest BCUT2D eigenvalue weighted by Gasteiger charge is 2.29. The molecule has 1 atom stereocenters. The minimum Gasteiger partial charge on any atom is -0.356 e.